The molecule has 1 aromatic rings. The van der Waals surface area contributed by atoms with Crippen molar-refractivity contribution in [1.29, 1.82) is 0 Å². The van der Waals surface area contributed by atoms with Gasteiger partial charge in [0.25, 0.3) is 0 Å². The van der Waals surface area contributed by atoms with Crippen LogP contribution in [0.4, 0.5) is 0 Å². The lowest BCUT2D eigenvalue weighted by molar-refractivity contribution is -0.147. The van der Waals surface area contributed by atoms with E-state index in [0.29, 0.717) is 6.61 Å². The van der Waals surface area contributed by atoms with Crippen LogP contribution in [0.1, 0.15) is 12.5 Å². The third-order valence-electron chi connectivity index (χ3n) is 3.06. The zero-order valence-corrected chi connectivity index (χ0v) is 11.5. The first-order valence-electron chi connectivity index (χ1n) is 6.33. The fourth-order valence-electron chi connectivity index (χ4n) is 2.07. The summed E-state index contributed by atoms with van der Waals surface area (Å²) >= 11 is 1.80. The van der Waals surface area contributed by atoms with Crippen molar-refractivity contribution in [2.24, 2.45) is 0 Å². The highest BCUT2D eigenvalue weighted by Gasteiger charge is 2.31. The Morgan fingerprint density at radius 3 is 2.94 bits per heavy atom. The summed E-state index contributed by atoms with van der Waals surface area (Å²) in [5.74, 6) is 1.71. The quantitative estimate of drug-likeness (QED) is 0.763. The molecule has 0 radical (unpaired) electrons. The molecule has 3 nitrogen and oxygen atoms in total. The van der Waals surface area contributed by atoms with Crippen molar-refractivity contribution in [2.75, 3.05) is 24.8 Å². The van der Waals surface area contributed by atoms with Gasteiger partial charge in [-0.3, -0.25) is 9.69 Å². The SMILES string of the molecule is CCOC(=O)C1CSCN1CCc1ccccc1. The molecule has 0 aliphatic carbocycles. The molecule has 18 heavy (non-hydrogen) atoms. The average molecular weight is 265 g/mol. The van der Waals surface area contributed by atoms with E-state index >= 15 is 0 Å². The predicted molar refractivity (Wildman–Crippen MR) is 74.6 cm³/mol. The Hall–Kier alpha value is -1.00. The van der Waals surface area contributed by atoms with E-state index in [2.05, 4.69) is 29.2 Å². The van der Waals surface area contributed by atoms with Crippen LogP contribution in [-0.2, 0) is 16.0 Å². The highest BCUT2D eigenvalue weighted by molar-refractivity contribution is 7.99. The number of benzene rings is 1. The van der Waals surface area contributed by atoms with Crippen molar-refractivity contribution in [3.63, 3.8) is 0 Å². The minimum absolute atomic E-state index is 0.0568. The Labute approximate surface area is 113 Å². The van der Waals surface area contributed by atoms with Crippen molar-refractivity contribution in [3.8, 4) is 0 Å². The Morgan fingerprint density at radius 2 is 2.22 bits per heavy atom. The van der Waals surface area contributed by atoms with Crippen molar-refractivity contribution in [3.05, 3.63) is 35.9 Å². The molecule has 2 rings (SSSR count). The molecule has 1 unspecified atom stereocenters. The Bertz CT molecular complexity index is 383. The Morgan fingerprint density at radius 1 is 1.44 bits per heavy atom. The van der Waals surface area contributed by atoms with E-state index in [0.717, 1.165) is 24.6 Å². The third kappa shape index (κ3) is 3.50. The molecule has 1 saturated heterocycles. The number of hydrogen-bond acceptors (Lipinski definition) is 4. The van der Waals surface area contributed by atoms with E-state index in [4.69, 9.17) is 4.74 Å². The van der Waals surface area contributed by atoms with Crippen molar-refractivity contribution >= 4 is 17.7 Å². The normalized spacial score (nSPS) is 19.9. The number of nitrogens with zero attached hydrogens (tertiary/aromatic N) is 1. The molecule has 0 saturated carbocycles. The molecule has 0 aromatic heterocycles. The van der Waals surface area contributed by atoms with Gasteiger partial charge in [-0.2, -0.15) is 0 Å². The third-order valence-corrected chi connectivity index (χ3v) is 4.13. The maximum atomic E-state index is 11.8. The lowest BCUT2D eigenvalue weighted by Crippen LogP contribution is -2.40. The van der Waals surface area contributed by atoms with E-state index in [1.54, 1.807) is 11.8 Å². The number of carbonyl (C=O) groups is 1. The second-order valence-corrected chi connectivity index (χ2v) is 5.32. The second-order valence-electron chi connectivity index (χ2n) is 4.32. The summed E-state index contributed by atoms with van der Waals surface area (Å²) in [7, 11) is 0. The first-order chi connectivity index (χ1) is 8.81. The number of hydrogen-bond donors (Lipinski definition) is 0. The predicted octanol–water partition coefficient (Wildman–Crippen LogP) is 2.17. The number of thioether (sulfide) groups is 1. The summed E-state index contributed by atoms with van der Waals surface area (Å²) in [5, 5.41) is 0. The lowest BCUT2D eigenvalue weighted by atomic mass is 10.1. The summed E-state index contributed by atoms with van der Waals surface area (Å²) in [6, 6.07) is 10.3. The highest BCUT2D eigenvalue weighted by atomic mass is 32.2. The van der Waals surface area contributed by atoms with Crippen LogP contribution in [0.3, 0.4) is 0 Å². The molecule has 1 atom stereocenters. The van der Waals surface area contributed by atoms with Crippen LogP contribution >= 0.6 is 11.8 Å². The molecule has 1 aliphatic rings. The van der Waals surface area contributed by atoms with Crippen molar-refractivity contribution in [1.82, 2.24) is 4.90 Å². The Kier molecular flexibility index (Phi) is 5.08. The molecular formula is C14H19NO2S. The van der Waals surface area contributed by atoms with E-state index in [1.807, 2.05) is 13.0 Å². The molecule has 98 valence electrons. The standard InChI is InChI=1S/C14H19NO2S/c1-2-17-14(16)13-10-18-11-15(13)9-8-12-6-4-3-5-7-12/h3-7,13H,2,8-11H2,1H3. The minimum atomic E-state index is -0.0736. The van der Waals surface area contributed by atoms with Gasteiger partial charge >= 0.3 is 5.97 Å². The van der Waals surface area contributed by atoms with Crippen LogP contribution in [0.5, 0.6) is 0 Å². The van der Waals surface area contributed by atoms with Gasteiger partial charge in [-0.1, -0.05) is 30.3 Å². The molecule has 0 bridgehead atoms. The van der Waals surface area contributed by atoms with Crippen LogP contribution in [0, 0.1) is 0 Å². The second kappa shape index (κ2) is 6.81. The molecule has 0 spiro atoms. The fraction of sp³-hybridized carbons (Fsp3) is 0.500. The van der Waals surface area contributed by atoms with Gasteiger partial charge in [-0.05, 0) is 18.9 Å². The summed E-state index contributed by atoms with van der Waals surface area (Å²) < 4.78 is 5.11. The molecule has 1 fully saturated rings. The van der Waals surface area contributed by atoms with Crippen LogP contribution in [0.25, 0.3) is 0 Å². The van der Waals surface area contributed by atoms with E-state index in [1.165, 1.54) is 5.56 Å². The molecule has 1 heterocycles. The topological polar surface area (TPSA) is 29.5 Å². The van der Waals surface area contributed by atoms with E-state index in [9.17, 15) is 4.79 Å². The van der Waals surface area contributed by atoms with Gasteiger partial charge in [-0.25, -0.2) is 0 Å². The summed E-state index contributed by atoms with van der Waals surface area (Å²) in [6.45, 7) is 3.24. The first-order valence-corrected chi connectivity index (χ1v) is 7.49. The fourth-order valence-corrected chi connectivity index (χ4v) is 3.29. The van der Waals surface area contributed by atoms with Gasteiger partial charge in [0.2, 0.25) is 0 Å². The maximum Gasteiger partial charge on any atom is 0.324 e. The molecule has 1 aliphatic heterocycles. The molecular weight excluding hydrogens is 246 g/mol. The number of rotatable bonds is 5. The van der Waals surface area contributed by atoms with E-state index in [-0.39, 0.29) is 12.0 Å². The van der Waals surface area contributed by atoms with Gasteiger partial charge in [0, 0.05) is 18.2 Å². The molecule has 4 heteroatoms. The maximum absolute atomic E-state index is 11.8. The number of esters is 1. The molecule has 0 N–H and O–H groups in total. The van der Waals surface area contributed by atoms with Crippen molar-refractivity contribution in [2.45, 2.75) is 19.4 Å². The van der Waals surface area contributed by atoms with Gasteiger partial charge in [-0.15, -0.1) is 11.8 Å². The van der Waals surface area contributed by atoms with Gasteiger partial charge in [0.05, 0.1) is 6.61 Å². The Balaban J connectivity index is 1.86. The van der Waals surface area contributed by atoms with Crippen LogP contribution in [0.15, 0.2) is 30.3 Å². The lowest BCUT2D eigenvalue weighted by Gasteiger charge is -2.21. The molecule has 0 amide bonds. The summed E-state index contributed by atoms with van der Waals surface area (Å²) in [6.07, 6.45) is 0.983. The van der Waals surface area contributed by atoms with E-state index < -0.39 is 0 Å². The zero-order chi connectivity index (χ0) is 12.8. The van der Waals surface area contributed by atoms with Gasteiger partial charge in [0.1, 0.15) is 6.04 Å². The smallest absolute Gasteiger partial charge is 0.324 e. The number of ether oxygens (including phenoxy) is 1. The monoisotopic (exact) mass is 265 g/mol. The summed E-state index contributed by atoms with van der Waals surface area (Å²) in [4.78, 5) is 14.0. The van der Waals surface area contributed by atoms with Crippen molar-refractivity contribution < 1.29 is 9.53 Å². The average Bonchev–Trinajstić information content (AvgIpc) is 2.86. The first kappa shape index (κ1) is 13.4. The molecule has 1 aromatic carbocycles. The zero-order valence-electron chi connectivity index (χ0n) is 10.7. The van der Waals surface area contributed by atoms with Gasteiger partial charge < -0.3 is 4.74 Å². The van der Waals surface area contributed by atoms with Crippen LogP contribution < -0.4 is 0 Å². The van der Waals surface area contributed by atoms with Crippen LogP contribution in [-0.4, -0.2) is 41.7 Å². The number of carbonyl (C=O) groups excluding carboxylic acids is 1. The van der Waals surface area contributed by atoms with Gasteiger partial charge in [0.15, 0.2) is 0 Å². The minimum Gasteiger partial charge on any atom is -0.465 e. The van der Waals surface area contributed by atoms with Crippen LogP contribution in [0.2, 0.25) is 0 Å². The largest absolute Gasteiger partial charge is 0.465 e. The summed E-state index contributed by atoms with van der Waals surface area (Å²) in [5.41, 5.74) is 1.32. The highest BCUT2D eigenvalue weighted by Crippen LogP contribution is 2.22.